The molecular formula is C20H20ClN3O5S. The van der Waals surface area contributed by atoms with Crippen LogP contribution >= 0.6 is 23.4 Å². The second-order valence-electron chi connectivity index (χ2n) is 5.98. The van der Waals surface area contributed by atoms with Crippen molar-refractivity contribution in [2.45, 2.75) is 19.1 Å². The minimum Gasteiger partial charge on any atom is -0.496 e. The number of benzene rings is 1. The number of anilines is 1. The molecular weight excluding hydrogens is 430 g/mol. The number of halogens is 1. The number of furan rings is 1. The lowest BCUT2D eigenvalue weighted by Gasteiger charge is -2.16. The maximum Gasteiger partial charge on any atom is 0.342 e. The van der Waals surface area contributed by atoms with Gasteiger partial charge < -0.3 is 23.6 Å². The van der Waals surface area contributed by atoms with E-state index in [2.05, 4.69) is 10.2 Å². The third-order valence-corrected chi connectivity index (χ3v) is 5.25. The van der Waals surface area contributed by atoms with E-state index in [-0.39, 0.29) is 16.0 Å². The molecule has 3 aromatic rings. The molecule has 0 fully saturated rings. The van der Waals surface area contributed by atoms with E-state index in [1.54, 1.807) is 30.3 Å². The highest BCUT2D eigenvalue weighted by Crippen LogP contribution is 2.35. The summed E-state index contributed by atoms with van der Waals surface area (Å²) in [6.45, 7) is 5.60. The van der Waals surface area contributed by atoms with Gasteiger partial charge in [0.05, 0.1) is 12.7 Å². The number of carboxylic acid groups (broad SMARTS) is 1. The van der Waals surface area contributed by atoms with Gasteiger partial charge in [0.25, 0.3) is 11.1 Å². The number of carboxylic acids is 1. The molecule has 10 heteroatoms. The third-order valence-electron chi connectivity index (χ3n) is 4.17. The molecule has 2 aromatic heterocycles. The standard InChI is InChI=1S/C20H20ClN3O5S/c1-4-24(5-2)17-9-7-13(28-17)11-16(19(25)26)30-20-23-22-18(29-20)14-10-12(21)6-8-15(14)27-3/h6-11H,4-5H2,1-3H3,(H,25,26)/b16-11-. The molecule has 30 heavy (non-hydrogen) atoms. The number of methoxy groups -OCH3 is 1. The number of aromatic nitrogens is 2. The van der Waals surface area contributed by atoms with Gasteiger partial charge in [-0.1, -0.05) is 11.6 Å². The highest BCUT2D eigenvalue weighted by atomic mass is 35.5. The largest absolute Gasteiger partial charge is 0.496 e. The topological polar surface area (TPSA) is 102 Å². The summed E-state index contributed by atoms with van der Waals surface area (Å²) < 4.78 is 16.6. The first-order valence-corrected chi connectivity index (χ1v) is 10.3. The second-order valence-corrected chi connectivity index (χ2v) is 7.41. The van der Waals surface area contributed by atoms with Crippen molar-refractivity contribution in [3.05, 3.63) is 46.0 Å². The van der Waals surface area contributed by atoms with Gasteiger partial charge in [-0.25, -0.2) is 4.79 Å². The number of hydrogen-bond acceptors (Lipinski definition) is 8. The number of nitrogens with zero attached hydrogens (tertiary/aromatic N) is 3. The van der Waals surface area contributed by atoms with E-state index in [1.807, 2.05) is 18.7 Å². The molecule has 0 saturated carbocycles. The first-order chi connectivity index (χ1) is 14.4. The van der Waals surface area contributed by atoms with Crippen molar-refractivity contribution in [2.24, 2.45) is 0 Å². The number of hydrogen-bond donors (Lipinski definition) is 1. The van der Waals surface area contributed by atoms with E-state index < -0.39 is 5.97 Å². The third kappa shape index (κ3) is 4.98. The lowest BCUT2D eigenvalue weighted by Crippen LogP contribution is -2.20. The van der Waals surface area contributed by atoms with Crippen molar-refractivity contribution >= 4 is 41.3 Å². The normalized spacial score (nSPS) is 11.5. The summed E-state index contributed by atoms with van der Waals surface area (Å²) in [5.41, 5.74) is 0.514. The van der Waals surface area contributed by atoms with Crippen LogP contribution in [-0.2, 0) is 4.79 Å². The van der Waals surface area contributed by atoms with Gasteiger partial charge in [0.1, 0.15) is 16.4 Å². The minimum atomic E-state index is -1.14. The van der Waals surface area contributed by atoms with Gasteiger partial charge >= 0.3 is 5.97 Å². The Bertz CT molecular complexity index is 1060. The lowest BCUT2D eigenvalue weighted by atomic mass is 10.2. The van der Waals surface area contributed by atoms with Gasteiger partial charge in [-0.2, -0.15) is 0 Å². The molecule has 0 amide bonds. The molecule has 0 aliphatic carbocycles. The molecule has 8 nitrogen and oxygen atoms in total. The molecule has 0 aliphatic rings. The fourth-order valence-corrected chi connectivity index (χ4v) is 3.52. The Morgan fingerprint density at radius 1 is 1.23 bits per heavy atom. The molecule has 0 aliphatic heterocycles. The fourth-order valence-electron chi connectivity index (χ4n) is 2.69. The molecule has 158 valence electrons. The Hall–Kier alpha value is -2.91. The Kier molecular flexibility index (Phi) is 7.07. The quantitative estimate of drug-likeness (QED) is 0.354. The first-order valence-electron chi connectivity index (χ1n) is 9.10. The van der Waals surface area contributed by atoms with E-state index in [0.717, 1.165) is 24.9 Å². The lowest BCUT2D eigenvalue weighted by molar-refractivity contribution is -0.131. The predicted molar refractivity (Wildman–Crippen MR) is 115 cm³/mol. The van der Waals surface area contributed by atoms with Gasteiger partial charge in [0.15, 0.2) is 5.88 Å². The summed E-state index contributed by atoms with van der Waals surface area (Å²) in [6, 6.07) is 8.51. The van der Waals surface area contributed by atoms with Crippen LogP contribution in [0.15, 0.2) is 49.3 Å². The molecule has 0 unspecified atom stereocenters. The van der Waals surface area contributed by atoms with Crippen molar-refractivity contribution in [3.8, 4) is 17.2 Å². The zero-order valence-corrected chi connectivity index (χ0v) is 18.2. The highest BCUT2D eigenvalue weighted by molar-refractivity contribution is 8.03. The maximum atomic E-state index is 11.7. The van der Waals surface area contributed by atoms with Crippen molar-refractivity contribution < 1.29 is 23.5 Å². The molecule has 0 spiro atoms. The van der Waals surface area contributed by atoms with Crippen molar-refractivity contribution in [3.63, 3.8) is 0 Å². The van der Waals surface area contributed by atoms with Gasteiger partial charge in [-0.3, -0.25) is 0 Å². The molecule has 0 radical (unpaired) electrons. The van der Waals surface area contributed by atoms with Gasteiger partial charge in [-0.05, 0) is 49.9 Å². The minimum absolute atomic E-state index is 0.0243. The van der Waals surface area contributed by atoms with Crippen LogP contribution in [0, 0.1) is 0 Å². The molecule has 0 saturated heterocycles. The molecule has 3 rings (SSSR count). The summed E-state index contributed by atoms with van der Waals surface area (Å²) in [6.07, 6.45) is 1.42. The fraction of sp³-hybridized carbons (Fsp3) is 0.250. The Morgan fingerprint density at radius 2 is 2.00 bits per heavy atom. The number of thioether (sulfide) groups is 1. The van der Waals surface area contributed by atoms with Gasteiger partial charge in [0.2, 0.25) is 0 Å². The van der Waals surface area contributed by atoms with Crippen LogP contribution in [0.2, 0.25) is 5.02 Å². The summed E-state index contributed by atoms with van der Waals surface area (Å²) >= 11 is 6.87. The highest BCUT2D eigenvalue weighted by Gasteiger charge is 2.19. The van der Waals surface area contributed by atoms with Gasteiger partial charge in [-0.15, -0.1) is 10.2 Å². The first kappa shape index (κ1) is 21.8. The van der Waals surface area contributed by atoms with Crippen molar-refractivity contribution in [2.75, 3.05) is 25.1 Å². The predicted octanol–water partition coefficient (Wildman–Crippen LogP) is 5.06. The SMILES string of the molecule is CCN(CC)c1ccc(/C=C(\Sc2nnc(-c3cc(Cl)ccc3OC)o2)C(=O)O)o1. The van der Waals surface area contributed by atoms with E-state index in [0.29, 0.717) is 28.0 Å². The van der Waals surface area contributed by atoms with E-state index in [9.17, 15) is 9.90 Å². The van der Waals surface area contributed by atoms with Gasteiger partial charge in [0, 0.05) is 30.3 Å². The molecule has 0 atom stereocenters. The molecule has 1 aromatic carbocycles. The maximum absolute atomic E-state index is 11.7. The average molecular weight is 450 g/mol. The summed E-state index contributed by atoms with van der Waals surface area (Å²) in [7, 11) is 1.51. The molecule has 1 N–H and O–H groups in total. The number of carbonyl (C=O) groups is 1. The van der Waals surface area contributed by atoms with Crippen LogP contribution in [0.5, 0.6) is 5.75 Å². The smallest absolute Gasteiger partial charge is 0.342 e. The monoisotopic (exact) mass is 449 g/mol. The molecule has 2 heterocycles. The second kappa shape index (κ2) is 9.73. The number of aliphatic carboxylic acids is 1. The van der Waals surface area contributed by atoms with E-state index >= 15 is 0 Å². The van der Waals surface area contributed by atoms with Crippen LogP contribution in [0.3, 0.4) is 0 Å². The van der Waals surface area contributed by atoms with Crippen LogP contribution in [0.1, 0.15) is 19.6 Å². The summed E-state index contributed by atoms with van der Waals surface area (Å²) in [5.74, 6) is 0.629. The Labute approximate surface area is 182 Å². The van der Waals surface area contributed by atoms with E-state index in [1.165, 1.54) is 13.2 Å². The van der Waals surface area contributed by atoms with Crippen LogP contribution in [0.25, 0.3) is 17.5 Å². The van der Waals surface area contributed by atoms with Crippen LogP contribution in [0.4, 0.5) is 5.88 Å². The zero-order valence-electron chi connectivity index (χ0n) is 16.6. The summed E-state index contributed by atoms with van der Waals surface area (Å²) in [4.78, 5) is 13.7. The average Bonchev–Trinajstić information content (AvgIpc) is 3.38. The van der Waals surface area contributed by atoms with E-state index in [4.69, 9.17) is 25.2 Å². The summed E-state index contributed by atoms with van der Waals surface area (Å²) in [5, 5.41) is 18.0. The Balaban J connectivity index is 1.84. The van der Waals surface area contributed by atoms with Crippen molar-refractivity contribution in [1.29, 1.82) is 0 Å². The van der Waals surface area contributed by atoms with Crippen LogP contribution in [-0.4, -0.2) is 41.5 Å². The van der Waals surface area contributed by atoms with Crippen LogP contribution < -0.4 is 9.64 Å². The number of ether oxygens (including phenoxy) is 1. The number of rotatable bonds is 9. The Morgan fingerprint density at radius 3 is 2.67 bits per heavy atom. The zero-order chi connectivity index (χ0) is 21.7. The van der Waals surface area contributed by atoms with Crippen molar-refractivity contribution in [1.82, 2.24) is 10.2 Å². The molecule has 0 bridgehead atoms.